The highest BCUT2D eigenvalue weighted by atomic mass is 79.9. The quantitative estimate of drug-likeness (QED) is 0.749. The Kier molecular flexibility index (Phi) is 6.09. The van der Waals surface area contributed by atoms with Crippen LogP contribution in [0.4, 0.5) is 0 Å². The number of benzene rings is 2. The first-order chi connectivity index (χ1) is 9.79. The smallest absolute Gasteiger partial charge is 0.136 e. The van der Waals surface area contributed by atoms with Gasteiger partial charge in [0.2, 0.25) is 0 Å². The Labute approximate surface area is 129 Å². The maximum absolute atomic E-state index is 6.14. The lowest BCUT2D eigenvalue weighted by Crippen LogP contribution is -2.25. The molecular weight excluding hydrogens is 314 g/mol. The molecule has 2 nitrogen and oxygen atoms in total. The Hall–Kier alpha value is -1.32. The maximum Gasteiger partial charge on any atom is 0.136 e. The lowest BCUT2D eigenvalue weighted by Gasteiger charge is -2.20. The summed E-state index contributed by atoms with van der Waals surface area (Å²) in [6.45, 7) is 3.98. The molecule has 0 spiro atoms. The van der Waals surface area contributed by atoms with Gasteiger partial charge >= 0.3 is 0 Å². The van der Waals surface area contributed by atoms with E-state index in [9.17, 15) is 0 Å². The summed E-state index contributed by atoms with van der Waals surface area (Å²) in [4.78, 5) is 0. The van der Waals surface area contributed by atoms with Crippen LogP contribution in [0.25, 0.3) is 0 Å². The van der Waals surface area contributed by atoms with Crippen LogP contribution >= 0.6 is 15.9 Å². The van der Waals surface area contributed by atoms with Crippen LogP contribution in [-0.4, -0.2) is 13.1 Å². The summed E-state index contributed by atoms with van der Waals surface area (Å²) in [5.74, 6) is 0.881. The second-order valence-corrected chi connectivity index (χ2v) is 5.59. The lowest BCUT2D eigenvalue weighted by molar-refractivity contribution is 0.202. The molecule has 2 aromatic rings. The summed E-state index contributed by atoms with van der Waals surface area (Å²) < 4.78 is 7.17. The van der Waals surface area contributed by atoms with E-state index in [2.05, 4.69) is 40.3 Å². The second-order valence-electron chi connectivity index (χ2n) is 4.68. The molecule has 1 atom stereocenters. The molecule has 106 valence electrons. The molecule has 2 rings (SSSR count). The van der Waals surface area contributed by atoms with Gasteiger partial charge in [-0.2, -0.15) is 0 Å². The molecule has 0 heterocycles. The van der Waals surface area contributed by atoms with Gasteiger partial charge in [0.1, 0.15) is 11.9 Å². The minimum Gasteiger partial charge on any atom is -0.484 e. The summed E-state index contributed by atoms with van der Waals surface area (Å²) in [6.07, 6.45) is 1.15. The molecule has 0 bridgehead atoms. The van der Waals surface area contributed by atoms with Gasteiger partial charge in [0.15, 0.2) is 0 Å². The van der Waals surface area contributed by atoms with Crippen LogP contribution in [0.3, 0.4) is 0 Å². The van der Waals surface area contributed by atoms with Gasteiger partial charge in [-0.3, -0.25) is 0 Å². The van der Waals surface area contributed by atoms with E-state index in [0.717, 1.165) is 29.7 Å². The Morgan fingerprint density at radius 2 is 1.90 bits per heavy atom. The molecule has 0 aromatic heterocycles. The van der Waals surface area contributed by atoms with Crippen molar-refractivity contribution in [2.45, 2.75) is 19.4 Å². The summed E-state index contributed by atoms with van der Waals surface area (Å²) >= 11 is 3.48. The highest BCUT2D eigenvalue weighted by molar-refractivity contribution is 9.10. The van der Waals surface area contributed by atoms with Gasteiger partial charge in [-0.15, -0.1) is 0 Å². The monoisotopic (exact) mass is 333 g/mol. The van der Waals surface area contributed by atoms with E-state index < -0.39 is 0 Å². The molecule has 0 radical (unpaired) electrons. The van der Waals surface area contributed by atoms with Crippen LogP contribution in [0.5, 0.6) is 5.75 Å². The summed E-state index contributed by atoms with van der Waals surface area (Å²) in [6, 6.07) is 18.3. The second kappa shape index (κ2) is 8.08. The Bertz CT molecular complexity index is 515. The summed E-state index contributed by atoms with van der Waals surface area (Å²) in [5, 5.41) is 3.43. The largest absolute Gasteiger partial charge is 0.484 e. The maximum atomic E-state index is 6.14. The van der Waals surface area contributed by atoms with Crippen LogP contribution < -0.4 is 10.1 Å². The summed E-state index contributed by atoms with van der Waals surface area (Å²) in [5.41, 5.74) is 1.19. The van der Waals surface area contributed by atoms with E-state index in [-0.39, 0.29) is 6.10 Å². The van der Waals surface area contributed by atoms with Crippen molar-refractivity contribution in [1.82, 2.24) is 5.32 Å². The Morgan fingerprint density at radius 3 is 2.60 bits per heavy atom. The van der Waals surface area contributed by atoms with E-state index in [0.29, 0.717) is 0 Å². The van der Waals surface area contributed by atoms with Crippen molar-refractivity contribution in [3.63, 3.8) is 0 Å². The Morgan fingerprint density at radius 1 is 1.10 bits per heavy atom. The van der Waals surface area contributed by atoms with E-state index in [1.54, 1.807) is 0 Å². The van der Waals surface area contributed by atoms with Crippen LogP contribution in [0.1, 0.15) is 25.0 Å². The molecule has 0 saturated carbocycles. The molecule has 0 aliphatic carbocycles. The lowest BCUT2D eigenvalue weighted by atomic mass is 10.1. The Balaban J connectivity index is 2.10. The number of halogens is 1. The van der Waals surface area contributed by atoms with Crippen molar-refractivity contribution in [3.05, 3.63) is 64.6 Å². The molecule has 1 N–H and O–H groups in total. The molecule has 2 aromatic carbocycles. The van der Waals surface area contributed by atoms with Gasteiger partial charge in [-0.1, -0.05) is 59.3 Å². The van der Waals surface area contributed by atoms with Crippen LogP contribution in [0, 0.1) is 0 Å². The predicted octanol–water partition coefficient (Wildman–Crippen LogP) is 4.57. The number of nitrogens with one attached hydrogen (secondary N) is 1. The topological polar surface area (TPSA) is 21.3 Å². The number of ether oxygens (including phenoxy) is 1. The molecule has 0 aliphatic rings. The van der Waals surface area contributed by atoms with Crippen molar-refractivity contribution in [3.8, 4) is 5.75 Å². The van der Waals surface area contributed by atoms with Gasteiger partial charge in [0, 0.05) is 11.0 Å². The first kappa shape index (κ1) is 15.1. The summed E-state index contributed by atoms with van der Waals surface area (Å²) in [7, 11) is 0. The van der Waals surface area contributed by atoms with E-state index in [1.165, 1.54) is 5.56 Å². The third kappa shape index (κ3) is 4.66. The molecule has 20 heavy (non-hydrogen) atoms. The fourth-order valence-electron chi connectivity index (χ4n) is 2.01. The zero-order chi connectivity index (χ0) is 14.2. The first-order valence-electron chi connectivity index (χ1n) is 6.97. The van der Waals surface area contributed by atoms with E-state index in [4.69, 9.17) is 4.74 Å². The molecular formula is C17H20BrNO. The number of hydrogen-bond donors (Lipinski definition) is 1. The minimum atomic E-state index is 0.0250. The van der Waals surface area contributed by atoms with Crippen LogP contribution in [0.15, 0.2) is 59.1 Å². The predicted molar refractivity (Wildman–Crippen MR) is 87.1 cm³/mol. The van der Waals surface area contributed by atoms with Crippen molar-refractivity contribution in [2.75, 3.05) is 13.1 Å². The van der Waals surface area contributed by atoms with Crippen molar-refractivity contribution >= 4 is 15.9 Å². The highest BCUT2D eigenvalue weighted by Crippen LogP contribution is 2.24. The third-order valence-electron chi connectivity index (χ3n) is 3.00. The standard InChI is InChI=1S/C17H20BrNO/c1-2-11-19-13-17(14-7-4-3-5-8-14)20-16-10-6-9-15(18)12-16/h3-10,12,17,19H,2,11,13H2,1H3. The van der Waals surface area contributed by atoms with Gasteiger partial charge in [0.05, 0.1) is 0 Å². The zero-order valence-corrected chi connectivity index (χ0v) is 13.3. The molecule has 3 heteroatoms. The molecule has 0 fully saturated rings. The minimum absolute atomic E-state index is 0.0250. The molecule has 0 saturated heterocycles. The normalized spacial score (nSPS) is 12.1. The third-order valence-corrected chi connectivity index (χ3v) is 3.50. The van der Waals surface area contributed by atoms with Crippen LogP contribution in [0.2, 0.25) is 0 Å². The van der Waals surface area contributed by atoms with Gasteiger partial charge in [0.25, 0.3) is 0 Å². The fraction of sp³-hybridized carbons (Fsp3) is 0.294. The van der Waals surface area contributed by atoms with Crippen molar-refractivity contribution in [2.24, 2.45) is 0 Å². The molecule has 0 aliphatic heterocycles. The van der Waals surface area contributed by atoms with Crippen LogP contribution in [-0.2, 0) is 0 Å². The molecule has 0 amide bonds. The first-order valence-corrected chi connectivity index (χ1v) is 7.76. The zero-order valence-electron chi connectivity index (χ0n) is 11.7. The van der Waals surface area contributed by atoms with Gasteiger partial charge in [-0.25, -0.2) is 0 Å². The average molecular weight is 334 g/mol. The SMILES string of the molecule is CCCNCC(Oc1cccc(Br)c1)c1ccccc1. The number of hydrogen-bond acceptors (Lipinski definition) is 2. The van der Waals surface area contributed by atoms with E-state index in [1.807, 2.05) is 42.5 Å². The van der Waals surface area contributed by atoms with E-state index >= 15 is 0 Å². The highest BCUT2D eigenvalue weighted by Gasteiger charge is 2.12. The fourth-order valence-corrected chi connectivity index (χ4v) is 2.39. The van der Waals surface area contributed by atoms with Gasteiger partial charge in [-0.05, 0) is 36.7 Å². The number of rotatable bonds is 7. The molecule has 1 unspecified atom stereocenters. The van der Waals surface area contributed by atoms with Crippen molar-refractivity contribution in [1.29, 1.82) is 0 Å². The van der Waals surface area contributed by atoms with Gasteiger partial charge < -0.3 is 10.1 Å². The average Bonchev–Trinajstić information content (AvgIpc) is 2.47. The van der Waals surface area contributed by atoms with Crippen molar-refractivity contribution < 1.29 is 4.74 Å².